The van der Waals surface area contributed by atoms with Gasteiger partial charge in [0, 0.05) is 11.1 Å². The van der Waals surface area contributed by atoms with Crippen LogP contribution in [-0.2, 0) is 0 Å². The molecule has 0 spiro atoms. The minimum Gasteiger partial charge on any atom is -0.375 e. The van der Waals surface area contributed by atoms with Gasteiger partial charge in [0.15, 0.2) is 5.13 Å². The third kappa shape index (κ3) is 2.59. The van der Waals surface area contributed by atoms with E-state index in [9.17, 15) is 4.79 Å². The maximum absolute atomic E-state index is 11.7. The Morgan fingerprint density at radius 1 is 1.41 bits per heavy atom. The van der Waals surface area contributed by atoms with Crippen molar-refractivity contribution in [3.05, 3.63) is 40.9 Å². The van der Waals surface area contributed by atoms with E-state index in [0.29, 0.717) is 16.4 Å². The molecule has 0 aliphatic carbocycles. The number of nitrogen functional groups attached to an aromatic ring is 1. The summed E-state index contributed by atoms with van der Waals surface area (Å²) >= 11 is 1.21. The highest BCUT2D eigenvalue weighted by Crippen LogP contribution is 2.14. The SMILES string of the molecule is N#Cc1ccc(NC(=O)c2csc(N)n2)cc1. The van der Waals surface area contributed by atoms with Crippen LogP contribution in [-0.4, -0.2) is 10.9 Å². The number of nitrogens with zero attached hydrogens (tertiary/aromatic N) is 2. The average molecular weight is 244 g/mol. The fourth-order valence-electron chi connectivity index (χ4n) is 1.22. The molecule has 17 heavy (non-hydrogen) atoms. The second kappa shape index (κ2) is 4.63. The lowest BCUT2D eigenvalue weighted by atomic mass is 10.2. The molecule has 2 aromatic rings. The summed E-state index contributed by atoms with van der Waals surface area (Å²) in [7, 11) is 0. The molecule has 5 nitrogen and oxygen atoms in total. The molecule has 0 saturated heterocycles. The minimum absolute atomic E-state index is 0.289. The van der Waals surface area contributed by atoms with Crippen molar-refractivity contribution in [2.75, 3.05) is 11.1 Å². The van der Waals surface area contributed by atoms with Crippen LogP contribution in [0.3, 0.4) is 0 Å². The fraction of sp³-hybridized carbons (Fsp3) is 0. The van der Waals surface area contributed by atoms with Crippen LogP contribution in [0.4, 0.5) is 10.8 Å². The van der Waals surface area contributed by atoms with Crippen LogP contribution in [0.25, 0.3) is 0 Å². The Kier molecular flexibility index (Phi) is 3.03. The second-order valence-corrected chi connectivity index (χ2v) is 4.10. The molecular formula is C11H8N4OS. The van der Waals surface area contributed by atoms with Crippen molar-refractivity contribution in [3.8, 4) is 6.07 Å². The Morgan fingerprint density at radius 3 is 2.65 bits per heavy atom. The molecule has 84 valence electrons. The number of nitrogens with two attached hydrogens (primary N) is 1. The first-order valence-electron chi connectivity index (χ1n) is 4.71. The highest BCUT2D eigenvalue weighted by Gasteiger charge is 2.09. The van der Waals surface area contributed by atoms with Crippen molar-refractivity contribution in [1.82, 2.24) is 4.98 Å². The summed E-state index contributed by atoms with van der Waals surface area (Å²) in [5, 5.41) is 13.2. The van der Waals surface area contributed by atoms with Gasteiger partial charge in [-0.15, -0.1) is 11.3 Å². The zero-order valence-corrected chi connectivity index (χ0v) is 9.49. The van der Waals surface area contributed by atoms with Gasteiger partial charge in [0.2, 0.25) is 0 Å². The van der Waals surface area contributed by atoms with Crippen molar-refractivity contribution >= 4 is 28.1 Å². The van der Waals surface area contributed by atoms with E-state index in [0.717, 1.165) is 0 Å². The van der Waals surface area contributed by atoms with Crippen LogP contribution in [0.15, 0.2) is 29.6 Å². The molecule has 0 unspecified atom stereocenters. The molecule has 1 amide bonds. The molecule has 1 aromatic carbocycles. The van der Waals surface area contributed by atoms with Crippen molar-refractivity contribution in [3.63, 3.8) is 0 Å². The maximum atomic E-state index is 11.7. The molecule has 1 heterocycles. The van der Waals surface area contributed by atoms with Gasteiger partial charge in [-0.3, -0.25) is 4.79 Å². The van der Waals surface area contributed by atoms with Crippen LogP contribution in [0.1, 0.15) is 16.1 Å². The van der Waals surface area contributed by atoms with Gasteiger partial charge in [-0.25, -0.2) is 4.98 Å². The lowest BCUT2D eigenvalue weighted by Crippen LogP contribution is -2.12. The summed E-state index contributed by atoms with van der Waals surface area (Å²) in [6, 6.07) is 8.58. The first-order chi connectivity index (χ1) is 8.19. The van der Waals surface area contributed by atoms with Gasteiger partial charge in [-0.2, -0.15) is 5.26 Å². The van der Waals surface area contributed by atoms with E-state index in [4.69, 9.17) is 11.0 Å². The van der Waals surface area contributed by atoms with E-state index in [1.165, 1.54) is 11.3 Å². The molecule has 6 heteroatoms. The molecule has 0 aliphatic rings. The molecule has 0 saturated carbocycles. The third-order valence-corrected chi connectivity index (χ3v) is 2.70. The number of benzene rings is 1. The number of carbonyl (C=O) groups excluding carboxylic acids is 1. The van der Waals surface area contributed by atoms with Crippen LogP contribution < -0.4 is 11.1 Å². The van der Waals surface area contributed by atoms with Gasteiger partial charge >= 0.3 is 0 Å². The zero-order valence-electron chi connectivity index (χ0n) is 8.68. The predicted molar refractivity (Wildman–Crippen MR) is 65.6 cm³/mol. The van der Waals surface area contributed by atoms with Gasteiger partial charge in [-0.05, 0) is 24.3 Å². The van der Waals surface area contributed by atoms with E-state index in [1.807, 2.05) is 6.07 Å². The van der Waals surface area contributed by atoms with Gasteiger partial charge in [-0.1, -0.05) is 0 Å². The Morgan fingerprint density at radius 2 is 2.12 bits per heavy atom. The van der Waals surface area contributed by atoms with Crippen molar-refractivity contribution < 1.29 is 4.79 Å². The van der Waals surface area contributed by atoms with E-state index in [-0.39, 0.29) is 11.6 Å². The van der Waals surface area contributed by atoms with Crippen LogP contribution >= 0.6 is 11.3 Å². The Balaban J connectivity index is 2.11. The Hall–Kier alpha value is -2.39. The summed E-state index contributed by atoms with van der Waals surface area (Å²) in [6.45, 7) is 0. The second-order valence-electron chi connectivity index (χ2n) is 3.21. The van der Waals surface area contributed by atoms with Gasteiger partial charge in [0.05, 0.1) is 11.6 Å². The highest BCUT2D eigenvalue weighted by molar-refractivity contribution is 7.13. The van der Waals surface area contributed by atoms with Gasteiger partial charge < -0.3 is 11.1 Å². The lowest BCUT2D eigenvalue weighted by molar-refractivity contribution is 0.102. The first kappa shape index (κ1) is 11.1. The van der Waals surface area contributed by atoms with E-state index in [1.54, 1.807) is 29.6 Å². The molecule has 0 bridgehead atoms. The Labute approximate surface area is 102 Å². The van der Waals surface area contributed by atoms with Crippen molar-refractivity contribution in [2.24, 2.45) is 0 Å². The average Bonchev–Trinajstić information content (AvgIpc) is 2.77. The Bertz CT molecular complexity index is 582. The van der Waals surface area contributed by atoms with E-state index >= 15 is 0 Å². The molecular weight excluding hydrogens is 236 g/mol. The standard InChI is InChI=1S/C11H8N4OS/c12-5-7-1-3-8(4-2-7)14-10(16)9-6-17-11(13)15-9/h1-4,6H,(H2,13,15)(H,14,16). The summed E-state index contributed by atoms with van der Waals surface area (Å²) in [5.74, 6) is -0.317. The number of hydrogen-bond acceptors (Lipinski definition) is 5. The number of hydrogen-bond donors (Lipinski definition) is 2. The number of aromatic nitrogens is 1. The third-order valence-electron chi connectivity index (χ3n) is 2.03. The van der Waals surface area contributed by atoms with Crippen LogP contribution in [0.2, 0.25) is 0 Å². The summed E-state index contributed by atoms with van der Waals surface area (Å²) in [4.78, 5) is 15.6. The maximum Gasteiger partial charge on any atom is 0.275 e. The normalized spacial score (nSPS) is 9.59. The van der Waals surface area contributed by atoms with E-state index in [2.05, 4.69) is 10.3 Å². The number of amides is 1. The number of nitrogens with one attached hydrogen (secondary N) is 1. The monoisotopic (exact) mass is 244 g/mol. The predicted octanol–water partition coefficient (Wildman–Crippen LogP) is 1.85. The summed E-state index contributed by atoms with van der Waals surface area (Å²) < 4.78 is 0. The summed E-state index contributed by atoms with van der Waals surface area (Å²) in [6.07, 6.45) is 0. The van der Waals surface area contributed by atoms with Crippen molar-refractivity contribution in [1.29, 1.82) is 5.26 Å². The largest absolute Gasteiger partial charge is 0.375 e. The molecule has 2 rings (SSSR count). The van der Waals surface area contributed by atoms with Gasteiger partial charge in [0.25, 0.3) is 5.91 Å². The van der Waals surface area contributed by atoms with Crippen LogP contribution in [0, 0.1) is 11.3 Å². The zero-order chi connectivity index (χ0) is 12.3. The molecule has 3 N–H and O–H groups in total. The fourth-order valence-corrected chi connectivity index (χ4v) is 1.76. The molecule has 1 aromatic heterocycles. The number of anilines is 2. The number of carbonyl (C=O) groups is 1. The van der Waals surface area contributed by atoms with Crippen LogP contribution in [0.5, 0.6) is 0 Å². The minimum atomic E-state index is -0.317. The topological polar surface area (TPSA) is 91.8 Å². The highest BCUT2D eigenvalue weighted by atomic mass is 32.1. The summed E-state index contributed by atoms with van der Waals surface area (Å²) in [5.41, 5.74) is 6.88. The van der Waals surface area contributed by atoms with Crippen molar-refractivity contribution in [2.45, 2.75) is 0 Å². The number of rotatable bonds is 2. The van der Waals surface area contributed by atoms with E-state index < -0.39 is 0 Å². The molecule has 0 radical (unpaired) electrons. The molecule has 0 fully saturated rings. The smallest absolute Gasteiger partial charge is 0.275 e. The lowest BCUT2D eigenvalue weighted by Gasteiger charge is -2.02. The quantitative estimate of drug-likeness (QED) is 0.843. The number of thiazole rings is 1. The van der Waals surface area contributed by atoms with Gasteiger partial charge in [0.1, 0.15) is 5.69 Å². The molecule has 0 aliphatic heterocycles. The number of nitriles is 1. The first-order valence-corrected chi connectivity index (χ1v) is 5.59. The molecule has 0 atom stereocenters.